The van der Waals surface area contributed by atoms with E-state index in [0.29, 0.717) is 18.2 Å². The van der Waals surface area contributed by atoms with Gasteiger partial charge >= 0.3 is 0 Å². The zero-order valence-electron chi connectivity index (χ0n) is 9.00. The second-order valence-electron chi connectivity index (χ2n) is 4.38. The van der Waals surface area contributed by atoms with E-state index in [1.54, 1.807) is 6.07 Å². The first-order valence-corrected chi connectivity index (χ1v) is 5.73. The molecule has 1 fully saturated rings. The summed E-state index contributed by atoms with van der Waals surface area (Å²) in [4.78, 5) is 0. The Morgan fingerprint density at radius 3 is 2.94 bits per heavy atom. The normalized spacial score (nSPS) is 16.6. The van der Waals surface area contributed by atoms with E-state index < -0.39 is 0 Å². The fourth-order valence-corrected chi connectivity index (χ4v) is 2.03. The van der Waals surface area contributed by atoms with Crippen LogP contribution in [0.1, 0.15) is 25.0 Å². The van der Waals surface area contributed by atoms with Crippen molar-refractivity contribution < 1.29 is 8.81 Å². The minimum Gasteiger partial charge on any atom is -0.457 e. The Morgan fingerprint density at radius 1 is 1.38 bits per heavy atom. The molecule has 1 heterocycles. The zero-order valence-corrected chi connectivity index (χ0v) is 9.00. The van der Waals surface area contributed by atoms with Gasteiger partial charge in [-0.15, -0.1) is 0 Å². The molecule has 0 radical (unpaired) electrons. The molecule has 0 unspecified atom stereocenters. The van der Waals surface area contributed by atoms with Gasteiger partial charge in [-0.25, -0.2) is 4.39 Å². The van der Waals surface area contributed by atoms with Gasteiger partial charge in [0.05, 0.1) is 6.54 Å². The van der Waals surface area contributed by atoms with Gasteiger partial charge in [0.1, 0.15) is 5.76 Å². The molecule has 84 valence electrons. The van der Waals surface area contributed by atoms with E-state index in [2.05, 4.69) is 5.32 Å². The molecule has 1 N–H and O–H groups in total. The fraction of sp³-hybridized carbons (Fsp3) is 0.385. The first-order valence-electron chi connectivity index (χ1n) is 5.73. The molecule has 0 saturated heterocycles. The van der Waals surface area contributed by atoms with E-state index in [-0.39, 0.29) is 5.82 Å². The summed E-state index contributed by atoms with van der Waals surface area (Å²) in [5.74, 6) is 0.527. The number of hydrogen-bond acceptors (Lipinski definition) is 2. The summed E-state index contributed by atoms with van der Waals surface area (Å²) in [7, 11) is 0. The lowest BCUT2D eigenvalue weighted by molar-refractivity contribution is 0.327. The third kappa shape index (κ3) is 1.71. The minimum atomic E-state index is -0.285. The van der Waals surface area contributed by atoms with Crippen LogP contribution in [0.15, 0.2) is 28.7 Å². The molecule has 0 bridgehead atoms. The summed E-state index contributed by atoms with van der Waals surface area (Å²) in [6.45, 7) is 0.693. The largest absolute Gasteiger partial charge is 0.457 e. The van der Waals surface area contributed by atoms with Crippen LogP contribution in [-0.2, 0) is 6.54 Å². The van der Waals surface area contributed by atoms with Crippen LogP contribution in [0, 0.1) is 5.82 Å². The molecule has 3 rings (SSSR count). The Hall–Kier alpha value is -1.35. The van der Waals surface area contributed by atoms with Crippen molar-refractivity contribution in [2.24, 2.45) is 0 Å². The average molecular weight is 219 g/mol. The van der Waals surface area contributed by atoms with Crippen molar-refractivity contribution in [2.75, 3.05) is 0 Å². The van der Waals surface area contributed by atoms with Crippen molar-refractivity contribution in [1.29, 1.82) is 0 Å². The number of fused-ring (bicyclic) bond motifs is 1. The van der Waals surface area contributed by atoms with Crippen molar-refractivity contribution in [3.8, 4) is 0 Å². The van der Waals surface area contributed by atoms with Crippen LogP contribution in [0.4, 0.5) is 4.39 Å². The molecule has 0 atom stereocenters. The smallest absolute Gasteiger partial charge is 0.169 e. The Balaban J connectivity index is 1.79. The molecule has 1 aromatic heterocycles. The molecule has 0 aliphatic heterocycles. The molecule has 1 saturated carbocycles. The Labute approximate surface area is 93.4 Å². The van der Waals surface area contributed by atoms with Gasteiger partial charge in [0.2, 0.25) is 0 Å². The molecule has 16 heavy (non-hydrogen) atoms. The highest BCUT2D eigenvalue weighted by atomic mass is 19.1. The van der Waals surface area contributed by atoms with Crippen molar-refractivity contribution in [1.82, 2.24) is 5.32 Å². The predicted octanol–water partition coefficient (Wildman–Crippen LogP) is 3.21. The van der Waals surface area contributed by atoms with Gasteiger partial charge in [0.25, 0.3) is 0 Å². The summed E-state index contributed by atoms with van der Waals surface area (Å²) in [5, 5.41) is 4.24. The van der Waals surface area contributed by atoms with Crippen LogP contribution in [0.25, 0.3) is 11.0 Å². The van der Waals surface area contributed by atoms with E-state index in [1.807, 2.05) is 12.1 Å². The van der Waals surface area contributed by atoms with Crippen LogP contribution in [0.5, 0.6) is 0 Å². The Morgan fingerprint density at radius 2 is 2.25 bits per heavy atom. The second kappa shape index (κ2) is 3.91. The lowest BCUT2D eigenvalue weighted by Crippen LogP contribution is -2.34. The predicted molar refractivity (Wildman–Crippen MR) is 60.7 cm³/mol. The summed E-state index contributed by atoms with van der Waals surface area (Å²) in [6, 6.07) is 7.53. The monoisotopic (exact) mass is 219 g/mol. The molecule has 1 aliphatic rings. The maximum absolute atomic E-state index is 13.4. The van der Waals surface area contributed by atoms with Crippen LogP contribution >= 0.6 is 0 Å². The number of para-hydroxylation sites is 1. The third-order valence-corrected chi connectivity index (χ3v) is 3.22. The first-order chi connectivity index (χ1) is 7.83. The molecule has 2 nitrogen and oxygen atoms in total. The number of rotatable bonds is 3. The van der Waals surface area contributed by atoms with E-state index in [4.69, 9.17) is 4.42 Å². The van der Waals surface area contributed by atoms with Crippen molar-refractivity contribution in [3.63, 3.8) is 0 Å². The maximum atomic E-state index is 13.4. The molecular weight excluding hydrogens is 205 g/mol. The van der Waals surface area contributed by atoms with Gasteiger partial charge in [-0.3, -0.25) is 0 Å². The standard InChI is InChI=1S/C13H14FNO/c14-12-6-1-3-9-7-11(16-13(9)12)8-15-10-4-2-5-10/h1,3,6-7,10,15H,2,4-5,8H2. The van der Waals surface area contributed by atoms with Gasteiger partial charge in [0.15, 0.2) is 11.4 Å². The molecule has 2 aromatic rings. The van der Waals surface area contributed by atoms with Crippen LogP contribution in [0.3, 0.4) is 0 Å². The van der Waals surface area contributed by atoms with Crippen LogP contribution in [0.2, 0.25) is 0 Å². The fourth-order valence-electron chi connectivity index (χ4n) is 2.03. The van der Waals surface area contributed by atoms with E-state index in [9.17, 15) is 4.39 Å². The minimum absolute atomic E-state index is 0.285. The zero-order chi connectivity index (χ0) is 11.0. The lowest BCUT2D eigenvalue weighted by Gasteiger charge is -2.25. The highest BCUT2D eigenvalue weighted by Crippen LogP contribution is 2.23. The highest BCUT2D eigenvalue weighted by molar-refractivity contribution is 5.78. The molecule has 1 aliphatic carbocycles. The van der Waals surface area contributed by atoms with Crippen LogP contribution in [-0.4, -0.2) is 6.04 Å². The van der Waals surface area contributed by atoms with Gasteiger partial charge < -0.3 is 9.73 Å². The quantitative estimate of drug-likeness (QED) is 0.857. The summed E-state index contributed by atoms with van der Waals surface area (Å²) in [6.07, 6.45) is 3.80. The van der Waals surface area contributed by atoms with Gasteiger partial charge in [-0.05, 0) is 25.0 Å². The van der Waals surface area contributed by atoms with E-state index in [1.165, 1.54) is 25.3 Å². The van der Waals surface area contributed by atoms with E-state index >= 15 is 0 Å². The Bertz CT molecular complexity index is 502. The van der Waals surface area contributed by atoms with Crippen LogP contribution < -0.4 is 5.32 Å². The van der Waals surface area contributed by atoms with Crippen molar-refractivity contribution in [2.45, 2.75) is 31.8 Å². The number of hydrogen-bond donors (Lipinski definition) is 1. The topological polar surface area (TPSA) is 25.2 Å². The number of halogens is 1. The average Bonchev–Trinajstić information content (AvgIpc) is 2.60. The van der Waals surface area contributed by atoms with Gasteiger partial charge in [-0.2, -0.15) is 0 Å². The van der Waals surface area contributed by atoms with Gasteiger partial charge in [0, 0.05) is 11.4 Å². The SMILES string of the molecule is Fc1cccc2cc(CNC3CCC3)oc12. The summed E-state index contributed by atoms with van der Waals surface area (Å²) >= 11 is 0. The lowest BCUT2D eigenvalue weighted by atomic mass is 9.93. The van der Waals surface area contributed by atoms with Crippen molar-refractivity contribution >= 4 is 11.0 Å². The molecular formula is C13H14FNO. The highest BCUT2D eigenvalue weighted by Gasteiger charge is 2.17. The Kier molecular flexibility index (Phi) is 2.40. The van der Waals surface area contributed by atoms with Crippen molar-refractivity contribution in [3.05, 3.63) is 35.8 Å². The molecule has 3 heteroatoms. The summed E-state index contributed by atoms with van der Waals surface area (Å²) in [5.41, 5.74) is 0.368. The number of furan rings is 1. The number of nitrogens with one attached hydrogen (secondary N) is 1. The second-order valence-corrected chi connectivity index (χ2v) is 4.38. The van der Waals surface area contributed by atoms with Gasteiger partial charge in [-0.1, -0.05) is 18.6 Å². The molecule has 1 aromatic carbocycles. The molecule has 0 spiro atoms. The van der Waals surface area contributed by atoms with E-state index in [0.717, 1.165) is 11.1 Å². The number of benzene rings is 1. The first kappa shape index (κ1) is 9.85. The maximum Gasteiger partial charge on any atom is 0.169 e. The summed E-state index contributed by atoms with van der Waals surface area (Å²) < 4.78 is 18.8. The molecule has 0 amide bonds. The third-order valence-electron chi connectivity index (χ3n) is 3.22.